The van der Waals surface area contributed by atoms with Crippen molar-refractivity contribution < 1.29 is 4.74 Å². The van der Waals surface area contributed by atoms with Gasteiger partial charge in [-0.25, -0.2) is 9.97 Å². The van der Waals surface area contributed by atoms with Crippen LogP contribution in [0.15, 0.2) is 64.8 Å². The lowest BCUT2D eigenvalue weighted by molar-refractivity contribution is 0.415. The van der Waals surface area contributed by atoms with Gasteiger partial charge in [0.15, 0.2) is 0 Å². The molecule has 0 saturated heterocycles. The normalized spacial score (nSPS) is 11.0. The average molecular weight is 361 g/mol. The van der Waals surface area contributed by atoms with Crippen LogP contribution in [0.1, 0.15) is 11.1 Å². The molecule has 0 bridgehead atoms. The van der Waals surface area contributed by atoms with Gasteiger partial charge in [-0.1, -0.05) is 17.8 Å². The van der Waals surface area contributed by atoms with Crippen LogP contribution in [0.3, 0.4) is 0 Å². The van der Waals surface area contributed by atoms with Crippen molar-refractivity contribution in [2.24, 2.45) is 0 Å². The van der Waals surface area contributed by atoms with Crippen LogP contribution in [0.25, 0.3) is 22.3 Å². The number of rotatable bonds is 4. The van der Waals surface area contributed by atoms with Crippen molar-refractivity contribution in [3.8, 4) is 17.0 Å². The smallest absolute Gasteiger partial charge is 0.142 e. The van der Waals surface area contributed by atoms with E-state index >= 15 is 0 Å². The lowest BCUT2D eigenvalue weighted by Gasteiger charge is -2.04. The number of hydrogen-bond donors (Lipinski definition) is 1. The van der Waals surface area contributed by atoms with E-state index in [1.54, 1.807) is 25.2 Å². The van der Waals surface area contributed by atoms with Crippen LogP contribution in [0.4, 0.5) is 0 Å². The molecule has 2 aromatic heterocycles. The zero-order chi connectivity index (χ0) is 18.1. The van der Waals surface area contributed by atoms with E-state index in [4.69, 9.17) is 4.74 Å². The summed E-state index contributed by atoms with van der Waals surface area (Å²) in [7, 11) is 1.67. The number of nitrogens with one attached hydrogen (secondary N) is 1. The van der Waals surface area contributed by atoms with Crippen LogP contribution < -0.4 is 4.74 Å². The molecule has 0 saturated carbocycles. The van der Waals surface area contributed by atoms with Crippen molar-refractivity contribution >= 4 is 22.8 Å². The highest BCUT2D eigenvalue weighted by atomic mass is 32.2. The minimum absolute atomic E-state index is 0.843. The third-order valence-corrected chi connectivity index (χ3v) is 5.19. The Kier molecular flexibility index (Phi) is 4.39. The fourth-order valence-corrected chi connectivity index (χ4v) is 4.11. The molecule has 0 fully saturated rings. The van der Waals surface area contributed by atoms with Crippen molar-refractivity contribution in [3.63, 3.8) is 0 Å². The number of aromatic amines is 1. The SMILES string of the molecule is COc1ccc(-c2cc3c(Sc4cc(C)cc(C)c4)ncnc3[nH]2)cc1. The van der Waals surface area contributed by atoms with E-state index in [-0.39, 0.29) is 0 Å². The molecular formula is C21H19N3OS. The summed E-state index contributed by atoms with van der Waals surface area (Å²) in [4.78, 5) is 13.5. The largest absolute Gasteiger partial charge is 0.497 e. The molecule has 4 aromatic rings. The van der Waals surface area contributed by atoms with Gasteiger partial charge < -0.3 is 9.72 Å². The van der Waals surface area contributed by atoms with Crippen molar-refractivity contribution in [1.82, 2.24) is 15.0 Å². The van der Waals surface area contributed by atoms with Crippen LogP contribution in [0.2, 0.25) is 0 Å². The number of nitrogens with zero attached hydrogens (tertiary/aromatic N) is 2. The summed E-state index contributed by atoms with van der Waals surface area (Å²) in [6, 6.07) is 16.6. The van der Waals surface area contributed by atoms with Crippen molar-refractivity contribution in [2.45, 2.75) is 23.8 Å². The minimum atomic E-state index is 0.843. The zero-order valence-electron chi connectivity index (χ0n) is 14.9. The molecule has 0 aliphatic heterocycles. The Balaban J connectivity index is 1.73. The molecule has 2 heterocycles. The number of aryl methyl sites for hydroxylation is 2. The number of methoxy groups -OCH3 is 1. The Morgan fingerprint density at radius 1 is 0.923 bits per heavy atom. The lowest BCUT2D eigenvalue weighted by Crippen LogP contribution is -1.86. The van der Waals surface area contributed by atoms with Gasteiger partial charge in [-0.2, -0.15) is 0 Å². The topological polar surface area (TPSA) is 50.8 Å². The second kappa shape index (κ2) is 6.84. The summed E-state index contributed by atoms with van der Waals surface area (Å²) in [6.07, 6.45) is 1.61. The first-order chi connectivity index (χ1) is 12.6. The summed E-state index contributed by atoms with van der Waals surface area (Å²) in [5.74, 6) is 0.843. The van der Waals surface area contributed by atoms with Gasteiger partial charge in [-0.05, 0) is 73.0 Å². The summed E-state index contributed by atoms with van der Waals surface area (Å²) in [5, 5.41) is 1.98. The zero-order valence-corrected chi connectivity index (χ0v) is 15.7. The average Bonchev–Trinajstić information content (AvgIpc) is 3.06. The van der Waals surface area contributed by atoms with Gasteiger partial charge in [0, 0.05) is 10.6 Å². The lowest BCUT2D eigenvalue weighted by atomic mass is 10.1. The number of aromatic nitrogens is 3. The molecule has 0 unspecified atom stereocenters. The Morgan fingerprint density at radius 3 is 2.35 bits per heavy atom. The maximum Gasteiger partial charge on any atom is 0.142 e. The first-order valence-corrected chi connectivity index (χ1v) is 9.18. The van der Waals surface area contributed by atoms with E-state index < -0.39 is 0 Å². The third kappa shape index (κ3) is 3.30. The maximum absolute atomic E-state index is 5.23. The number of hydrogen-bond acceptors (Lipinski definition) is 4. The second-order valence-corrected chi connectivity index (χ2v) is 7.34. The van der Waals surface area contributed by atoms with Gasteiger partial charge >= 0.3 is 0 Å². The Morgan fingerprint density at radius 2 is 1.65 bits per heavy atom. The van der Waals surface area contributed by atoms with Gasteiger partial charge in [0.05, 0.1) is 12.5 Å². The second-order valence-electron chi connectivity index (χ2n) is 6.28. The van der Waals surface area contributed by atoms with Gasteiger partial charge in [0.1, 0.15) is 22.7 Å². The molecule has 0 aliphatic rings. The van der Waals surface area contributed by atoms with Crippen molar-refractivity contribution in [3.05, 3.63) is 66.0 Å². The fraction of sp³-hybridized carbons (Fsp3) is 0.143. The van der Waals surface area contributed by atoms with Gasteiger partial charge in [0.2, 0.25) is 0 Å². The number of fused-ring (bicyclic) bond motifs is 1. The molecule has 0 aliphatic carbocycles. The summed E-state index contributed by atoms with van der Waals surface area (Å²) < 4.78 is 5.23. The highest BCUT2D eigenvalue weighted by Gasteiger charge is 2.11. The highest BCUT2D eigenvalue weighted by molar-refractivity contribution is 7.99. The third-order valence-electron chi connectivity index (χ3n) is 4.20. The Bertz CT molecular complexity index is 1050. The van der Waals surface area contributed by atoms with E-state index in [0.29, 0.717) is 0 Å². The maximum atomic E-state index is 5.23. The van der Waals surface area contributed by atoms with Gasteiger partial charge in [0.25, 0.3) is 0 Å². The number of benzene rings is 2. The van der Waals surface area contributed by atoms with Crippen LogP contribution in [-0.2, 0) is 0 Å². The van der Waals surface area contributed by atoms with Crippen molar-refractivity contribution in [2.75, 3.05) is 7.11 Å². The molecular weight excluding hydrogens is 342 g/mol. The standard InChI is InChI=1S/C21H19N3OS/c1-13-8-14(2)10-17(9-13)26-21-18-11-19(24-20(18)22-12-23-21)15-4-6-16(25-3)7-5-15/h4-12H,1-3H3,(H,22,23,24). The van der Waals surface area contributed by atoms with E-state index in [2.05, 4.69) is 53.1 Å². The van der Waals surface area contributed by atoms with Crippen molar-refractivity contribution in [1.29, 1.82) is 0 Å². The Labute approximate surface area is 156 Å². The quantitative estimate of drug-likeness (QED) is 0.494. The fourth-order valence-electron chi connectivity index (χ4n) is 3.03. The number of H-pyrrole nitrogens is 1. The van der Waals surface area contributed by atoms with E-state index in [0.717, 1.165) is 33.1 Å². The summed E-state index contributed by atoms with van der Waals surface area (Å²) >= 11 is 1.67. The van der Waals surface area contributed by atoms with E-state index in [1.807, 2.05) is 24.3 Å². The van der Waals surface area contributed by atoms with Crippen LogP contribution in [0, 0.1) is 13.8 Å². The molecule has 4 rings (SSSR count). The van der Waals surface area contributed by atoms with Gasteiger partial charge in [-0.15, -0.1) is 0 Å². The predicted molar refractivity (Wildman–Crippen MR) is 106 cm³/mol. The first kappa shape index (κ1) is 16.7. The number of ether oxygens (including phenoxy) is 1. The molecule has 26 heavy (non-hydrogen) atoms. The van der Waals surface area contributed by atoms with Crippen LogP contribution in [0.5, 0.6) is 5.75 Å². The molecule has 0 spiro atoms. The molecule has 0 radical (unpaired) electrons. The minimum Gasteiger partial charge on any atom is -0.497 e. The van der Waals surface area contributed by atoms with E-state index in [1.165, 1.54) is 16.0 Å². The monoisotopic (exact) mass is 361 g/mol. The summed E-state index contributed by atoms with van der Waals surface area (Å²) in [6.45, 7) is 4.23. The molecule has 0 atom stereocenters. The Hall–Kier alpha value is -2.79. The molecule has 2 aromatic carbocycles. The summed E-state index contributed by atoms with van der Waals surface area (Å²) in [5.41, 5.74) is 5.46. The molecule has 0 amide bonds. The molecule has 5 heteroatoms. The predicted octanol–water partition coefficient (Wildman–Crippen LogP) is 5.40. The molecule has 130 valence electrons. The molecule has 4 nitrogen and oxygen atoms in total. The van der Waals surface area contributed by atoms with Crippen LogP contribution >= 0.6 is 11.8 Å². The molecule has 1 N–H and O–H groups in total. The first-order valence-electron chi connectivity index (χ1n) is 8.37. The highest BCUT2D eigenvalue weighted by Crippen LogP contribution is 2.34. The van der Waals surface area contributed by atoms with Gasteiger partial charge in [-0.3, -0.25) is 0 Å². The van der Waals surface area contributed by atoms with Crippen LogP contribution in [-0.4, -0.2) is 22.1 Å². The van der Waals surface area contributed by atoms with E-state index in [9.17, 15) is 0 Å².